The first-order valence-electron chi connectivity index (χ1n) is 4.42. The van der Waals surface area contributed by atoms with E-state index in [0.717, 1.165) is 12.1 Å². The van der Waals surface area contributed by atoms with Crippen LogP contribution in [0.1, 0.15) is 10.4 Å². The molecule has 2 nitrogen and oxygen atoms in total. The minimum absolute atomic E-state index is 0.505. The van der Waals surface area contributed by atoms with Gasteiger partial charge in [0, 0.05) is 0 Å². The SMILES string of the molecule is O=C(c1ccccc1OCC(F)(F)F)C(F)F. The van der Waals surface area contributed by atoms with E-state index in [-0.39, 0.29) is 0 Å². The number of rotatable bonds is 4. The van der Waals surface area contributed by atoms with Gasteiger partial charge in [0.2, 0.25) is 5.78 Å². The summed E-state index contributed by atoms with van der Waals surface area (Å²) in [6.07, 6.45) is -7.88. The molecule has 0 aliphatic heterocycles. The highest BCUT2D eigenvalue weighted by atomic mass is 19.4. The van der Waals surface area contributed by atoms with Gasteiger partial charge in [0.05, 0.1) is 5.56 Å². The maximum absolute atomic E-state index is 12.1. The first-order chi connectivity index (χ1) is 7.81. The van der Waals surface area contributed by atoms with Crippen molar-refractivity contribution in [3.05, 3.63) is 29.8 Å². The minimum atomic E-state index is -4.60. The van der Waals surface area contributed by atoms with Crippen LogP contribution in [-0.2, 0) is 0 Å². The number of carbonyl (C=O) groups excluding carboxylic acids is 1. The highest BCUT2D eigenvalue weighted by Gasteiger charge is 2.30. The van der Waals surface area contributed by atoms with Crippen LogP contribution in [0, 0.1) is 0 Å². The lowest BCUT2D eigenvalue weighted by Gasteiger charge is -2.12. The molecule has 0 saturated carbocycles. The number of benzene rings is 1. The second-order valence-corrected chi connectivity index (χ2v) is 3.06. The van der Waals surface area contributed by atoms with Gasteiger partial charge in [0.25, 0.3) is 0 Å². The standard InChI is InChI=1S/C10H7F5O2/c11-9(12)8(16)6-3-1-2-4-7(6)17-5-10(13,14)15/h1-4,9H,5H2. The Morgan fingerprint density at radius 1 is 1.24 bits per heavy atom. The number of ketones is 1. The van der Waals surface area contributed by atoms with Gasteiger partial charge in [-0.3, -0.25) is 4.79 Å². The van der Waals surface area contributed by atoms with Gasteiger partial charge in [-0.1, -0.05) is 12.1 Å². The Morgan fingerprint density at radius 3 is 2.35 bits per heavy atom. The molecule has 0 unspecified atom stereocenters. The van der Waals surface area contributed by atoms with E-state index in [0.29, 0.717) is 0 Å². The Balaban J connectivity index is 2.89. The lowest BCUT2D eigenvalue weighted by atomic mass is 10.1. The van der Waals surface area contributed by atoms with Gasteiger partial charge in [-0.15, -0.1) is 0 Å². The van der Waals surface area contributed by atoms with Crippen molar-refractivity contribution in [1.29, 1.82) is 0 Å². The zero-order valence-electron chi connectivity index (χ0n) is 8.30. The van der Waals surface area contributed by atoms with Crippen molar-refractivity contribution < 1.29 is 31.5 Å². The Kier molecular flexibility index (Phi) is 4.03. The second kappa shape index (κ2) is 5.11. The maximum atomic E-state index is 12.1. The van der Waals surface area contributed by atoms with Crippen LogP contribution in [-0.4, -0.2) is 25.0 Å². The number of ether oxygens (including phenoxy) is 1. The van der Waals surface area contributed by atoms with E-state index in [1.165, 1.54) is 12.1 Å². The number of Topliss-reactive ketones (excluding diaryl/α,β-unsaturated/α-hetero) is 1. The van der Waals surface area contributed by atoms with Crippen LogP contribution < -0.4 is 4.74 Å². The van der Waals surface area contributed by atoms with Gasteiger partial charge >= 0.3 is 12.6 Å². The Bertz CT molecular complexity index is 400. The highest BCUT2D eigenvalue weighted by molar-refractivity contribution is 6.00. The lowest BCUT2D eigenvalue weighted by Crippen LogP contribution is -2.21. The average molecular weight is 254 g/mol. The molecular formula is C10H7F5O2. The molecule has 0 N–H and O–H groups in total. The number of hydrogen-bond acceptors (Lipinski definition) is 2. The summed E-state index contributed by atoms with van der Waals surface area (Å²) >= 11 is 0. The first kappa shape index (κ1) is 13.4. The Hall–Kier alpha value is -1.66. The largest absolute Gasteiger partial charge is 0.483 e. The molecule has 0 saturated heterocycles. The molecule has 0 spiro atoms. The lowest BCUT2D eigenvalue weighted by molar-refractivity contribution is -0.153. The van der Waals surface area contributed by atoms with Gasteiger partial charge in [-0.25, -0.2) is 8.78 Å². The summed E-state index contributed by atoms with van der Waals surface area (Å²) < 4.78 is 64.2. The zero-order chi connectivity index (χ0) is 13.1. The molecule has 0 atom stereocenters. The third-order valence-electron chi connectivity index (χ3n) is 1.74. The van der Waals surface area contributed by atoms with Gasteiger partial charge in [0.1, 0.15) is 5.75 Å². The molecule has 1 aromatic carbocycles. The Morgan fingerprint density at radius 2 is 1.82 bits per heavy atom. The van der Waals surface area contributed by atoms with Gasteiger partial charge < -0.3 is 4.74 Å². The molecule has 0 fully saturated rings. The molecular weight excluding hydrogens is 247 g/mol. The van der Waals surface area contributed by atoms with E-state index in [1.54, 1.807) is 0 Å². The summed E-state index contributed by atoms with van der Waals surface area (Å²) in [7, 11) is 0. The van der Waals surface area contributed by atoms with Crippen molar-refractivity contribution in [2.24, 2.45) is 0 Å². The van der Waals surface area contributed by atoms with E-state index in [1.807, 2.05) is 0 Å². The van der Waals surface area contributed by atoms with Crippen LogP contribution >= 0.6 is 0 Å². The molecule has 0 amide bonds. The smallest absolute Gasteiger partial charge is 0.422 e. The third-order valence-corrected chi connectivity index (χ3v) is 1.74. The van der Waals surface area contributed by atoms with Crippen LogP contribution in [0.15, 0.2) is 24.3 Å². The molecule has 0 aliphatic rings. The quantitative estimate of drug-likeness (QED) is 0.609. The van der Waals surface area contributed by atoms with Crippen LogP contribution in [0.5, 0.6) is 5.75 Å². The fraction of sp³-hybridized carbons (Fsp3) is 0.300. The normalized spacial score (nSPS) is 11.6. The summed E-state index contributed by atoms with van der Waals surface area (Å²) in [5, 5.41) is 0. The molecule has 0 bridgehead atoms. The number of hydrogen-bond donors (Lipinski definition) is 0. The molecule has 0 radical (unpaired) electrons. The summed E-state index contributed by atoms with van der Waals surface area (Å²) in [5.74, 6) is -2.07. The van der Waals surface area contributed by atoms with Crippen molar-refractivity contribution >= 4 is 5.78 Å². The molecule has 94 valence electrons. The first-order valence-corrected chi connectivity index (χ1v) is 4.42. The molecule has 1 aromatic rings. The van der Waals surface area contributed by atoms with Crippen molar-refractivity contribution in [2.75, 3.05) is 6.61 Å². The summed E-state index contributed by atoms with van der Waals surface area (Å²) in [5.41, 5.74) is -0.563. The average Bonchev–Trinajstić information content (AvgIpc) is 2.24. The zero-order valence-corrected chi connectivity index (χ0v) is 8.30. The number of halogens is 5. The van der Waals surface area contributed by atoms with E-state index < -0.39 is 36.3 Å². The van der Waals surface area contributed by atoms with Crippen LogP contribution in [0.3, 0.4) is 0 Å². The number of alkyl halides is 5. The van der Waals surface area contributed by atoms with Crippen molar-refractivity contribution in [3.8, 4) is 5.75 Å². The van der Waals surface area contributed by atoms with Gasteiger partial charge in [-0.2, -0.15) is 13.2 Å². The van der Waals surface area contributed by atoms with Crippen LogP contribution in [0.25, 0.3) is 0 Å². The predicted octanol–water partition coefficient (Wildman–Crippen LogP) is 3.08. The minimum Gasteiger partial charge on any atom is -0.483 e. The molecule has 7 heteroatoms. The monoisotopic (exact) mass is 254 g/mol. The van der Waals surface area contributed by atoms with Gasteiger partial charge in [0.15, 0.2) is 6.61 Å². The third kappa shape index (κ3) is 4.01. The summed E-state index contributed by atoms with van der Waals surface area (Å²) in [6, 6.07) is 4.56. The van der Waals surface area contributed by atoms with Crippen molar-refractivity contribution in [1.82, 2.24) is 0 Å². The number of para-hydroxylation sites is 1. The molecule has 0 aromatic heterocycles. The summed E-state index contributed by atoms with van der Waals surface area (Å²) in [4.78, 5) is 11.0. The maximum Gasteiger partial charge on any atom is 0.422 e. The topological polar surface area (TPSA) is 26.3 Å². The fourth-order valence-electron chi connectivity index (χ4n) is 1.07. The van der Waals surface area contributed by atoms with E-state index >= 15 is 0 Å². The molecule has 0 heterocycles. The van der Waals surface area contributed by atoms with Gasteiger partial charge in [-0.05, 0) is 12.1 Å². The number of carbonyl (C=O) groups is 1. The van der Waals surface area contributed by atoms with Crippen molar-refractivity contribution in [2.45, 2.75) is 12.6 Å². The van der Waals surface area contributed by atoms with Crippen molar-refractivity contribution in [3.63, 3.8) is 0 Å². The fourth-order valence-corrected chi connectivity index (χ4v) is 1.07. The molecule has 0 aliphatic carbocycles. The summed E-state index contributed by atoms with van der Waals surface area (Å²) in [6.45, 7) is -1.64. The van der Waals surface area contributed by atoms with Crippen LogP contribution in [0.4, 0.5) is 22.0 Å². The predicted molar refractivity (Wildman–Crippen MR) is 48.3 cm³/mol. The van der Waals surface area contributed by atoms with E-state index in [9.17, 15) is 26.7 Å². The van der Waals surface area contributed by atoms with E-state index in [2.05, 4.69) is 4.74 Å². The van der Waals surface area contributed by atoms with E-state index in [4.69, 9.17) is 0 Å². The van der Waals surface area contributed by atoms with Crippen LogP contribution in [0.2, 0.25) is 0 Å². The highest BCUT2D eigenvalue weighted by Crippen LogP contribution is 2.23. The Labute approximate surface area is 93.0 Å². The molecule has 17 heavy (non-hydrogen) atoms. The second-order valence-electron chi connectivity index (χ2n) is 3.06. The molecule has 1 rings (SSSR count).